The average Bonchev–Trinajstić information content (AvgIpc) is 2.95. The van der Waals surface area contributed by atoms with Crippen LogP contribution in [0.2, 0.25) is 0 Å². The topological polar surface area (TPSA) is 152 Å². The van der Waals surface area contributed by atoms with Crippen LogP contribution in [0.15, 0.2) is 28.0 Å². The number of fused-ring (bicyclic) bond motifs is 1. The molecule has 0 saturated carbocycles. The zero-order valence-corrected chi connectivity index (χ0v) is 14.0. The minimum atomic E-state index is -5.02. The van der Waals surface area contributed by atoms with Gasteiger partial charge >= 0.3 is 6.18 Å². The van der Waals surface area contributed by atoms with Crippen molar-refractivity contribution in [1.82, 2.24) is 24.6 Å². The van der Waals surface area contributed by atoms with Crippen molar-refractivity contribution in [3.63, 3.8) is 0 Å². The molecule has 0 aliphatic carbocycles. The highest BCUT2D eigenvalue weighted by atomic mass is 32.2. The predicted octanol–water partition coefficient (Wildman–Crippen LogP) is 0.346. The van der Waals surface area contributed by atoms with Crippen molar-refractivity contribution >= 4 is 21.7 Å². The van der Waals surface area contributed by atoms with E-state index in [1.54, 1.807) is 4.72 Å². The van der Waals surface area contributed by atoms with E-state index in [4.69, 9.17) is 0 Å². The number of alkyl halides is 3. The van der Waals surface area contributed by atoms with Gasteiger partial charge in [-0.3, -0.25) is 9.78 Å². The fraction of sp³-hybridized carbons (Fsp3) is 0.167. The molecule has 0 saturated heterocycles. The molecule has 15 heteroatoms. The Bertz CT molecular complexity index is 1190. The highest BCUT2D eigenvalue weighted by molar-refractivity contribution is 7.92. The SMILES string of the molecule is COc1nccc(C(F)(F)F)c1S(=O)(=O)Nc1nc2[nH]c(=O)cc(O)n2n1. The normalized spacial score (nSPS) is 12.3. The van der Waals surface area contributed by atoms with Crippen molar-refractivity contribution in [1.29, 1.82) is 0 Å². The summed E-state index contributed by atoms with van der Waals surface area (Å²) in [5.41, 5.74) is -2.27. The van der Waals surface area contributed by atoms with Crippen LogP contribution in [0.3, 0.4) is 0 Å². The number of halogens is 3. The number of aromatic amines is 1. The number of hydrogen-bond donors (Lipinski definition) is 3. The molecule has 3 aromatic rings. The third-order valence-electron chi connectivity index (χ3n) is 3.18. The highest BCUT2D eigenvalue weighted by Gasteiger charge is 2.40. The maximum atomic E-state index is 13.2. The van der Waals surface area contributed by atoms with Gasteiger partial charge in [-0.1, -0.05) is 0 Å². The minimum Gasteiger partial charge on any atom is -0.493 e. The number of hydrogen-bond acceptors (Lipinski definition) is 8. The zero-order valence-electron chi connectivity index (χ0n) is 13.1. The molecule has 27 heavy (non-hydrogen) atoms. The van der Waals surface area contributed by atoms with Gasteiger partial charge in [0.15, 0.2) is 4.90 Å². The molecule has 3 rings (SSSR count). The van der Waals surface area contributed by atoms with Gasteiger partial charge in [0.25, 0.3) is 21.5 Å². The highest BCUT2D eigenvalue weighted by Crippen LogP contribution is 2.38. The standard InChI is InChI=1S/C12H9F3N6O5S/c1-26-9-8(5(2-3-16-9)12(13,14)15)27(24,25)20-10-18-11-17-6(22)4-7(23)21(11)19-10/h2-4,23H,1H3,(H2,17,18,19,20,22). The van der Waals surface area contributed by atoms with Crippen molar-refractivity contribution in [2.24, 2.45) is 0 Å². The minimum absolute atomic E-state index is 0.341. The van der Waals surface area contributed by atoms with Gasteiger partial charge in [-0.25, -0.2) is 18.1 Å². The Morgan fingerprint density at radius 3 is 2.70 bits per heavy atom. The van der Waals surface area contributed by atoms with Gasteiger partial charge in [0.2, 0.25) is 17.5 Å². The van der Waals surface area contributed by atoms with Crippen LogP contribution >= 0.6 is 0 Å². The fourth-order valence-corrected chi connectivity index (χ4v) is 3.42. The Hall–Kier alpha value is -3.36. The molecule has 144 valence electrons. The first-order chi connectivity index (χ1) is 12.5. The van der Waals surface area contributed by atoms with Crippen LogP contribution in [0.1, 0.15) is 5.56 Å². The molecule has 0 unspecified atom stereocenters. The number of aromatic nitrogens is 5. The first-order valence-electron chi connectivity index (χ1n) is 6.85. The first kappa shape index (κ1) is 18.4. The smallest absolute Gasteiger partial charge is 0.418 e. The number of sulfonamides is 1. The Kier molecular flexibility index (Phi) is 4.17. The van der Waals surface area contributed by atoms with Crippen molar-refractivity contribution in [3.8, 4) is 11.8 Å². The third-order valence-corrected chi connectivity index (χ3v) is 4.57. The molecule has 0 aromatic carbocycles. The largest absolute Gasteiger partial charge is 0.493 e. The van der Waals surface area contributed by atoms with Crippen LogP contribution in [0, 0.1) is 0 Å². The predicted molar refractivity (Wildman–Crippen MR) is 81.9 cm³/mol. The van der Waals surface area contributed by atoms with E-state index in [0.717, 1.165) is 19.4 Å². The monoisotopic (exact) mass is 406 g/mol. The van der Waals surface area contributed by atoms with E-state index >= 15 is 0 Å². The molecule has 0 atom stereocenters. The summed E-state index contributed by atoms with van der Waals surface area (Å²) in [5, 5.41) is 13.2. The summed E-state index contributed by atoms with van der Waals surface area (Å²) in [4.78, 5) is 19.2. The number of nitrogens with zero attached hydrogens (tertiary/aromatic N) is 4. The van der Waals surface area contributed by atoms with Gasteiger partial charge in [0, 0.05) is 6.20 Å². The van der Waals surface area contributed by atoms with Crippen LogP contribution < -0.4 is 15.0 Å². The molecular weight excluding hydrogens is 397 g/mol. The number of anilines is 1. The van der Waals surface area contributed by atoms with Crippen LogP contribution in [-0.4, -0.2) is 45.2 Å². The number of pyridine rings is 1. The second-order valence-electron chi connectivity index (χ2n) is 4.96. The number of aromatic hydroxyl groups is 1. The number of methoxy groups -OCH3 is 1. The fourth-order valence-electron chi connectivity index (χ4n) is 2.15. The second kappa shape index (κ2) is 6.11. The summed E-state index contributed by atoms with van der Waals surface area (Å²) in [5.74, 6) is -2.50. The molecule has 0 aliphatic heterocycles. The molecule has 0 spiro atoms. The zero-order chi connectivity index (χ0) is 20.0. The summed E-state index contributed by atoms with van der Waals surface area (Å²) in [6, 6.07) is 1.21. The van der Waals surface area contributed by atoms with Crippen molar-refractivity contribution in [3.05, 3.63) is 34.2 Å². The van der Waals surface area contributed by atoms with Gasteiger partial charge in [0.1, 0.15) is 0 Å². The Labute approximate surface area is 147 Å². The third kappa shape index (κ3) is 3.35. The summed E-state index contributed by atoms with van der Waals surface area (Å²) >= 11 is 0. The quantitative estimate of drug-likeness (QED) is 0.561. The van der Waals surface area contributed by atoms with Crippen molar-refractivity contribution < 1.29 is 31.4 Å². The van der Waals surface area contributed by atoms with E-state index in [9.17, 15) is 31.5 Å². The molecule has 0 amide bonds. The summed E-state index contributed by atoms with van der Waals surface area (Å²) in [6.07, 6.45) is -4.28. The lowest BCUT2D eigenvalue weighted by molar-refractivity contribution is -0.140. The number of nitrogens with one attached hydrogen (secondary N) is 2. The van der Waals surface area contributed by atoms with E-state index in [1.807, 2.05) is 0 Å². The molecule has 0 bridgehead atoms. The van der Waals surface area contributed by atoms with Gasteiger partial charge in [-0.05, 0) is 6.07 Å². The molecular formula is C12H9F3N6O5S. The van der Waals surface area contributed by atoms with E-state index in [0.29, 0.717) is 10.6 Å². The van der Waals surface area contributed by atoms with Gasteiger partial charge in [-0.2, -0.15) is 22.7 Å². The number of ether oxygens (including phenoxy) is 1. The first-order valence-corrected chi connectivity index (χ1v) is 8.33. The molecule has 11 nitrogen and oxygen atoms in total. The van der Waals surface area contributed by atoms with Crippen molar-refractivity contribution in [2.75, 3.05) is 11.8 Å². The maximum absolute atomic E-state index is 13.2. The van der Waals surface area contributed by atoms with E-state index in [1.165, 1.54) is 0 Å². The Balaban J connectivity index is 2.13. The van der Waals surface area contributed by atoms with E-state index in [-0.39, 0.29) is 5.78 Å². The number of rotatable bonds is 4. The van der Waals surface area contributed by atoms with Crippen LogP contribution in [0.4, 0.5) is 19.1 Å². The van der Waals surface area contributed by atoms with Crippen LogP contribution in [0.25, 0.3) is 5.78 Å². The van der Waals surface area contributed by atoms with Crippen LogP contribution in [0.5, 0.6) is 11.8 Å². The van der Waals surface area contributed by atoms with Crippen LogP contribution in [-0.2, 0) is 16.2 Å². The lowest BCUT2D eigenvalue weighted by Crippen LogP contribution is -2.21. The summed E-state index contributed by atoms with van der Waals surface area (Å²) in [7, 11) is -3.96. The second-order valence-corrected chi connectivity index (χ2v) is 6.58. The van der Waals surface area contributed by atoms with E-state index in [2.05, 4.69) is 24.8 Å². The Morgan fingerprint density at radius 1 is 1.37 bits per heavy atom. The molecule has 3 heterocycles. The Morgan fingerprint density at radius 2 is 2.07 bits per heavy atom. The lowest BCUT2D eigenvalue weighted by atomic mass is 10.2. The molecule has 3 aromatic heterocycles. The molecule has 0 radical (unpaired) electrons. The molecule has 0 aliphatic rings. The summed E-state index contributed by atoms with van der Waals surface area (Å²) in [6.45, 7) is 0. The van der Waals surface area contributed by atoms with Gasteiger partial charge in [0.05, 0.1) is 18.7 Å². The van der Waals surface area contributed by atoms with Gasteiger partial charge in [-0.15, -0.1) is 5.10 Å². The summed E-state index contributed by atoms with van der Waals surface area (Å²) < 4.78 is 71.7. The molecule has 0 fully saturated rings. The van der Waals surface area contributed by atoms with Crippen molar-refractivity contribution in [2.45, 2.75) is 11.1 Å². The number of H-pyrrole nitrogens is 1. The maximum Gasteiger partial charge on any atom is 0.418 e. The average molecular weight is 406 g/mol. The lowest BCUT2D eigenvalue weighted by Gasteiger charge is -2.15. The molecule has 3 N–H and O–H groups in total. The van der Waals surface area contributed by atoms with E-state index < -0.39 is 49.9 Å². The van der Waals surface area contributed by atoms with Gasteiger partial charge < -0.3 is 9.84 Å².